The molecule has 18 heavy (non-hydrogen) atoms. The largest absolute Gasteiger partial charge is 0.453 e. The predicted molar refractivity (Wildman–Crippen MR) is 47.4 cm³/mol. The molecule has 2 rings (SSSR count). The highest BCUT2D eigenvalue weighted by Crippen LogP contribution is 2.51. The van der Waals surface area contributed by atoms with E-state index in [1.807, 2.05) is 0 Å². The number of fused-ring (bicyclic) bond motifs is 2. The average molecular weight is 278 g/mol. The Morgan fingerprint density at radius 1 is 0.889 bits per heavy atom. The maximum absolute atomic E-state index is 12.4. The molecule has 0 spiro atoms. The number of rotatable bonds is 2. The maximum atomic E-state index is 12.4. The van der Waals surface area contributed by atoms with Crippen molar-refractivity contribution < 1.29 is 36.2 Å². The van der Waals surface area contributed by atoms with Crippen molar-refractivity contribution in [2.75, 3.05) is 0 Å². The highest BCUT2D eigenvalue weighted by molar-refractivity contribution is 4.94. The Bertz CT molecular complexity index is 309. The van der Waals surface area contributed by atoms with Gasteiger partial charge in [0.2, 0.25) is 0 Å². The van der Waals surface area contributed by atoms with Crippen LogP contribution in [-0.4, -0.2) is 29.4 Å². The zero-order chi connectivity index (χ0) is 13.8. The van der Waals surface area contributed by atoms with E-state index in [1.165, 1.54) is 0 Å². The Hall–Kier alpha value is -0.500. The zero-order valence-corrected chi connectivity index (χ0v) is 9.18. The summed E-state index contributed by atoms with van der Waals surface area (Å²) in [6.45, 7) is 0. The minimum absolute atomic E-state index is 0.116. The van der Waals surface area contributed by atoms with Crippen LogP contribution in [0.25, 0.3) is 0 Å². The summed E-state index contributed by atoms with van der Waals surface area (Å²) in [6.07, 6.45) is -10.9. The first-order valence-corrected chi connectivity index (χ1v) is 5.58. The lowest BCUT2D eigenvalue weighted by atomic mass is 9.97. The van der Waals surface area contributed by atoms with Crippen molar-refractivity contribution >= 4 is 0 Å². The first-order chi connectivity index (χ1) is 8.04. The van der Waals surface area contributed by atoms with Gasteiger partial charge in [0.15, 0.2) is 0 Å². The van der Waals surface area contributed by atoms with Crippen molar-refractivity contribution in [3.8, 4) is 0 Å². The Labute approximate surface area is 98.9 Å². The number of hydrogen-bond donors (Lipinski definition) is 1. The molecule has 0 aliphatic heterocycles. The molecule has 0 aromatic heterocycles. The predicted octanol–water partition coefficient (Wildman–Crippen LogP) is 3.00. The number of halogens is 6. The van der Waals surface area contributed by atoms with Crippen LogP contribution in [0, 0.1) is 11.8 Å². The van der Waals surface area contributed by atoms with E-state index < -0.39 is 24.2 Å². The van der Waals surface area contributed by atoms with Crippen LogP contribution in [0.4, 0.5) is 26.3 Å². The van der Waals surface area contributed by atoms with Gasteiger partial charge in [-0.15, -0.1) is 0 Å². The Morgan fingerprint density at radius 3 is 1.78 bits per heavy atom. The van der Waals surface area contributed by atoms with Crippen LogP contribution >= 0.6 is 0 Å². The summed E-state index contributed by atoms with van der Waals surface area (Å²) in [7, 11) is 0. The summed E-state index contributed by atoms with van der Waals surface area (Å²) in [4.78, 5) is 0. The summed E-state index contributed by atoms with van der Waals surface area (Å²) in [5.41, 5.74) is 0. The van der Waals surface area contributed by atoms with Crippen LogP contribution in [0.5, 0.6) is 0 Å². The van der Waals surface area contributed by atoms with E-state index in [9.17, 15) is 26.3 Å². The van der Waals surface area contributed by atoms with Gasteiger partial charge >= 0.3 is 18.1 Å². The molecule has 2 saturated carbocycles. The summed E-state index contributed by atoms with van der Waals surface area (Å²) in [5, 5.41) is 8.90. The van der Waals surface area contributed by atoms with Gasteiger partial charge in [0.25, 0.3) is 0 Å². The smallest absolute Gasteiger partial charge is 0.351 e. The molecule has 0 aromatic rings. The van der Waals surface area contributed by atoms with E-state index in [0.717, 1.165) is 6.42 Å². The monoisotopic (exact) mass is 278 g/mol. The van der Waals surface area contributed by atoms with Crippen LogP contribution in [0.3, 0.4) is 0 Å². The first kappa shape index (κ1) is 13.9. The van der Waals surface area contributed by atoms with Gasteiger partial charge < -0.3 is 9.84 Å². The fraction of sp³-hybridized carbons (Fsp3) is 1.00. The topological polar surface area (TPSA) is 29.5 Å². The molecule has 2 aliphatic carbocycles. The second kappa shape index (κ2) is 4.00. The molecule has 0 aromatic carbocycles. The maximum Gasteiger partial charge on any atom is 0.453 e. The molecule has 2 bridgehead atoms. The first-order valence-electron chi connectivity index (χ1n) is 5.58. The molecule has 0 radical (unpaired) electrons. The molecule has 3 atom stereocenters. The summed E-state index contributed by atoms with van der Waals surface area (Å²) in [5.74, 6) is -5.26. The fourth-order valence-corrected chi connectivity index (χ4v) is 2.84. The van der Waals surface area contributed by atoms with Crippen LogP contribution in [0.1, 0.15) is 25.7 Å². The van der Waals surface area contributed by atoms with Gasteiger partial charge in [-0.25, -0.2) is 0 Å². The Kier molecular flexibility index (Phi) is 3.09. The highest BCUT2D eigenvalue weighted by atomic mass is 19.4. The van der Waals surface area contributed by atoms with Crippen LogP contribution in [-0.2, 0) is 4.74 Å². The van der Waals surface area contributed by atoms with E-state index in [2.05, 4.69) is 4.74 Å². The molecular formula is C10H12F6O2. The van der Waals surface area contributed by atoms with E-state index in [-0.39, 0.29) is 18.3 Å². The van der Waals surface area contributed by atoms with Gasteiger partial charge in [-0.05, 0) is 37.5 Å². The van der Waals surface area contributed by atoms with Crippen molar-refractivity contribution in [1.82, 2.24) is 0 Å². The normalized spacial score (nSPS) is 33.2. The lowest BCUT2D eigenvalue weighted by Gasteiger charge is -2.36. The molecular weight excluding hydrogens is 266 g/mol. The van der Waals surface area contributed by atoms with Gasteiger partial charge in [-0.2, -0.15) is 26.3 Å². The number of alkyl halides is 6. The van der Waals surface area contributed by atoms with E-state index >= 15 is 0 Å². The molecule has 0 amide bonds. The molecule has 2 aliphatic rings. The lowest BCUT2D eigenvalue weighted by Crippen LogP contribution is -2.60. The van der Waals surface area contributed by atoms with Gasteiger partial charge in [0, 0.05) is 0 Å². The minimum Gasteiger partial charge on any atom is -0.351 e. The summed E-state index contributed by atoms with van der Waals surface area (Å²) < 4.78 is 78.5. The second-order valence-electron chi connectivity index (χ2n) is 4.97. The van der Waals surface area contributed by atoms with Crippen molar-refractivity contribution in [3.63, 3.8) is 0 Å². The molecule has 0 heterocycles. The summed E-state index contributed by atoms with van der Waals surface area (Å²) >= 11 is 0. The zero-order valence-electron chi connectivity index (χ0n) is 9.18. The van der Waals surface area contributed by atoms with E-state index in [4.69, 9.17) is 5.11 Å². The number of ether oxygens (including phenoxy) is 1. The van der Waals surface area contributed by atoms with Gasteiger partial charge in [-0.3, -0.25) is 0 Å². The minimum atomic E-state index is -5.90. The molecule has 2 nitrogen and oxygen atoms in total. The molecule has 3 unspecified atom stereocenters. The molecule has 1 N–H and O–H groups in total. The molecule has 8 heteroatoms. The van der Waals surface area contributed by atoms with E-state index in [0.29, 0.717) is 12.8 Å². The Balaban J connectivity index is 2.17. The fourth-order valence-electron chi connectivity index (χ4n) is 2.84. The van der Waals surface area contributed by atoms with Gasteiger partial charge in [0.1, 0.15) is 0 Å². The number of aliphatic hydroxyl groups is 1. The van der Waals surface area contributed by atoms with Gasteiger partial charge in [0.05, 0.1) is 6.10 Å². The van der Waals surface area contributed by atoms with Crippen molar-refractivity contribution in [2.45, 2.75) is 49.9 Å². The Morgan fingerprint density at radius 2 is 1.44 bits per heavy atom. The third-order valence-corrected chi connectivity index (χ3v) is 3.76. The third-order valence-electron chi connectivity index (χ3n) is 3.76. The number of hydrogen-bond acceptors (Lipinski definition) is 2. The average Bonchev–Trinajstić information content (AvgIpc) is 2.75. The van der Waals surface area contributed by atoms with Crippen molar-refractivity contribution in [1.29, 1.82) is 0 Å². The second-order valence-corrected chi connectivity index (χ2v) is 4.97. The third kappa shape index (κ3) is 2.09. The SMILES string of the molecule is OC(OC1CC2CCC1C2)(C(F)(F)F)C(F)(F)F. The van der Waals surface area contributed by atoms with Crippen molar-refractivity contribution in [3.05, 3.63) is 0 Å². The molecule has 106 valence electrons. The summed E-state index contributed by atoms with van der Waals surface area (Å²) in [6, 6.07) is 0. The van der Waals surface area contributed by atoms with Crippen LogP contribution < -0.4 is 0 Å². The van der Waals surface area contributed by atoms with Gasteiger partial charge in [-0.1, -0.05) is 0 Å². The van der Waals surface area contributed by atoms with Crippen molar-refractivity contribution in [2.24, 2.45) is 11.8 Å². The quantitative estimate of drug-likeness (QED) is 0.621. The van der Waals surface area contributed by atoms with Crippen LogP contribution in [0.2, 0.25) is 0 Å². The molecule has 0 saturated heterocycles. The highest BCUT2D eigenvalue weighted by Gasteiger charge is 2.73. The van der Waals surface area contributed by atoms with Crippen LogP contribution in [0.15, 0.2) is 0 Å². The lowest BCUT2D eigenvalue weighted by molar-refractivity contribution is -0.467. The standard InChI is InChI=1S/C10H12F6O2/c11-9(12,13)8(17,10(14,15)16)18-7-4-5-1-2-6(7)3-5/h5-7,17H,1-4H2. The molecule has 2 fully saturated rings. The van der Waals surface area contributed by atoms with E-state index in [1.54, 1.807) is 0 Å².